The van der Waals surface area contributed by atoms with E-state index < -0.39 is 5.82 Å². The molecule has 2 atom stereocenters. The number of carbonyl (C=O) groups is 1. The van der Waals surface area contributed by atoms with E-state index in [2.05, 4.69) is 15.3 Å². The number of nitrogens with one attached hydrogen (secondary N) is 1. The summed E-state index contributed by atoms with van der Waals surface area (Å²) in [6, 6.07) is 7.67. The Morgan fingerprint density at radius 2 is 2.06 bits per heavy atom. The number of ether oxygens (including phenoxy) is 1. The lowest BCUT2D eigenvalue weighted by molar-refractivity contribution is -0.119. The molecule has 1 saturated heterocycles. The molecule has 4 rings (SSSR count). The van der Waals surface area contributed by atoms with Crippen LogP contribution in [0.4, 0.5) is 16.2 Å². The molecule has 0 unspecified atom stereocenters. The van der Waals surface area contributed by atoms with Gasteiger partial charge in [-0.2, -0.15) is 4.98 Å². The van der Waals surface area contributed by atoms with Gasteiger partial charge in [-0.3, -0.25) is 4.79 Å². The molecule has 1 aliphatic heterocycles. The molecule has 7 nitrogen and oxygen atoms in total. The Labute approximate surface area is 182 Å². The summed E-state index contributed by atoms with van der Waals surface area (Å²) >= 11 is 0. The second-order valence-electron chi connectivity index (χ2n) is 8.63. The molecule has 31 heavy (non-hydrogen) atoms. The number of nitrogens with zero attached hydrogens (tertiary/aromatic N) is 4. The predicted octanol–water partition coefficient (Wildman–Crippen LogP) is 3.32. The van der Waals surface area contributed by atoms with Gasteiger partial charge in [0.15, 0.2) is 11.6 Å². The van der Waals surface area contributed by atoms with Crippen LogP contribution in [0.1, 0.15) is 44.7 Å². The fourth-order valence-corrected chi connectivity index (χ4v) is 3.96. The van der Waals surface area contributed by atoms with Crippen molar-refractivity contribution in [3.8, 4) is 5.75 Å². The SMILES string of the molecule is CC(=O)N[C@@H](C)c1ccc(O[C@@H]2CCN(c3nc(N(C)CC4CC4)ncc3F)C2)cc1. The number of hydrogen-bond acceptors (Lipinski definition) is 6. The van der Waals surface area contributed by atoms with Gasteiger partial charge in [-0.05, 0) is 43.4 Å². The molecule has 0 bridgehead atoms. The van der Waals surface area contributed by atoms with E-state index >= 15 is 0 Å². The van der Waals surface area contributed by atoms with Gasteiger partial charge in [-0.15, -0.1) is 0 Å². The van der Waals surface area contributed by atoms with Gasteiger partial charge in [-0.1, -0.05) is 12.1 Å². The molecule has 0 radical (unpaired) electrons. The topological polar surface area (TPSA) is 70.6 Å². The van der Waals surface area contributed by atoms with Crippen LogP contribution in [-0.2, 0) is 4.79 Å². The summed E-state index contributed by atoms with van der Waals surface area (Å²) in [5.41, 5.74) is 1.02. The molecule has 1 amide bonds. The molecule has 1 N–H and O–H groups in total. The number of benzene rings is 1. The Hall–Kier alpha value is -2.90. The lowest BCUT2D eigenvalue weighted by Crippen LogP contribution is -2.28. The van der Waals surface area contributed by atoms with Gasteiger partial charge in [-0.25, -0.2) is 9.37 Å². The maximum Gasteiger partial charge on any atom is 0.227 e. The van der Waals surface area contributed by atoms with Gasteiger partial charge in [0.05, 0.1) is 18.8 Å². The van der Waals surface area contributed by atoms with Crippen LogP contribution >= 0.6 is 0 Å². The van der Waals surface area contributed by atoms with Gasteiger partial charge in [0.25, 0.3) is 0 Å². The van der Waals surface area contributed by atoms with Gasteiger partial charge >= 0.3 is 0 Å². The van der Waals surface area contributed by atoms with Crippen molar-refractivity contribution in [1.82, 2.24) is 15.3 Å². The first-order chi connectivity index (χ1) is 14.9. The van der Waals surface area contributed by atoms with Crippen LogP contribution in [0.15, 0.2) is 30.5 Å². The van der Waals surface area contributed by atoms with Crippen molar-refractivity contribution in [3.63, 3.8) is 0 Å². The highest BCUT2D eigenvalue weighted by Crippen LogP contribution is 2.31. The molecule has 2 aromatic rings. The van der Waals surface area contributed by atoms with Crippen molar-refractivity contribution < 1.29 is 13.9 Å². The van der Waals surface area contributed by atoms with E-state index in [1.165, 1.54) is 26.0 Å². The number of carbonyl (C=O) groups excluding carboxylic acids is 1. The Morgan fingerprint density at radius 3 is 2.74 bits per heavy atom. The zero-order valence-corrected chi connectivity index (χ0v) is 18.3. The average Bonchev–Trinajstić information content (AvgIpc) is 3.43. The number of hydrogen-bond donors (Lipinski definition) is 1. The predicted molar refractivity (Wildman–Crippen MR) is 118 cm³/mol. The third-order valence-electron chi connectivity index (χ3n) is 5.83. The van der Waals surface area contributed by atoms with E-state index in [0.717, 1.165) is 24.3 Å². The van der Waals surface area contributed by atoms with Crippen LogP contribution in [0.25, 0.3) is 0 Å². The zero-order valence-electron chi connectivity index (χ0n) is 18.3. The van der Waals surface area contributed by atoms with Crippen LogP contribution in [0.2, 0.25) is 0 Å². The summed E-state index contributed by atoms with van der Waals surface area (Å²) in [6.07, 6.45) is 4.51. The number of aromatic nitrogens is 2. The Balaban J connectivity index is 1.36. The van der Waals surface area contributed by atoms with Crippen molar-refractivity contribution >= 4 is 17.7 Å². The molecule has 1 aromatic heterocycles. The standard InChI is InChI=1S/C23H30FN5O2/c1-15(26-16(2)30)18-6-8-19(9-7-18)31-20-10-11-29(14-20)22-21(24)12-25-23(27-22)28(3)13-17-4-5-17/h6-9,12,15,17,20H,4-5,10-11,13-14H2,1-3H3,(H,26,30)/t15-,20+/m0/s1. The first kappa shape index (κ1) is 21.3. The van der Waals surface area contributed by atoms with Crippen LogP contribution in [0.5, 0.6) is 5.75 Å². The summed E-state index contributed by atoms with van der Waals surface area (Å²) in [7, 11) is 1.96. The molecule has 0 spiro atoms. The van der Waals surface area contributed by atoms with Gasteiger partial charge in [0.1, 0.15) is 11.9 Å². The minimum atomic E-state index is -0.402. The van der Waals surface area contributed by atoms with E-state index in [0.29, 0.717) is 30.8 Å². The van der Waals surface area contributed by atoms with Crippen LogP contribution < -0.4 is 19.9 Å². The first-order valence-corrected chi connectivity index (χ1v) is 10.9. The second kappa shape index (κ2) is 9.08. The Morgan fingerprint density at radius 1 is 1.32 bits per heavy atom. The van der Waals surface area contributed by atoms with E-state index in [1.807, 2.05) is 48.0 Å². The smallest absolute Gasteiger partial charge is 0.227 e. The Bertz CT molecular complexity index is 919. The van der Waals surface area contributed by atoms with Gasteiger partial charge in [0.2, 0.25) is 11.9 Å². The van der Waals surface area contributed by atoms with Crippen LogP contribution in [0.3, 0.4) is 0 Å². The molecule has 8 heteroatoms. The number of rotatable bonds is 8. The quantitative estimate of drug-likeness (QED) is 0.697. The fraction of sp³-hybridized carbons (Fsp3) is 0.522. The highest BCUT2D eigenvalue weighted by molar-refractivity contribution is 5.73. The summed E-state index contributed by atoms with van der Waals surface area (Å²) in [6.45, 7) is 5.62. The van der Waals surface area contributed by atoms with Crippen molar-refractivity contribution in [2.75, 3.05) is 36.5 Å². The molecule has 1 aliphatic carbocycles. The number of amides is 1. The number of halogens is 1. The largest absolute Gasteiger partial charge is 0.489 e. The summed E-state index contributed by atoms with van der Waals surface area (Å²) in [4.78, 5) is 23.8. The molecular formula is C23H30FN5O2. The van der Waals surface area contributed by atoms with E-state index in [4.69, 9.17) is 4.74 Å². The van der Waals surface area contributed by atoms with Crippen molar-refractivity contribution in [2.45, 2.75) is 45.3 Å². The molecule has 1 aromatic carbocycles. The highest BCUT2D eigenvalue weighted by atomic mass is 19.1. The van der Waals surface area contributed by atoms with E-state index in [-0.39, 0.29) is 18.1 Å². The van der Waals surface area contributed by atoms with E-state index in [1.54, 1.807) is 0 Å². The minimum absolute atomic E-state index is 0.0411. The lowest BCUT2D eigenvalue weighted by atomic mass is 10.1. The lowest BCUT2D eigenvalue weighted by Gasteiger charge is -2.22. The van der Waals surface area contributed by atoms with Crippen molar-refractivity contribution in [2.24, 2.45) is 5.92 Å². The summed E-state index contributed by atoms with van der Waals surface area (Å²) in [5, 5.41) is 2.87. The van der Waals surface area contributed by atoms with Gasteiger partial charge < -0.3 is 19.9 Å². The van der Waals surface area contributed by atoms with Crippen molar-refractivity contribution in [3.05, 3.63) is 41.8 Å². The van der Waals surface area contributed by atoms with E-state index in [9.17, 15) is 9.18 Å². The van der Waals surface area contributed by atoms with Crippen LogP contribution in [0, 0.1) is 11.7 Å². The summed E-state index contributed by atoms with van der Waals surface area (Å²) in [5.74, 6) is 1.92. The number of anilines is 2. The van der Waals surface area contributed by atoms with Gasteiger partial charge in [0, 0.05) is 33.5 Å². The normalized spacial score (nSPS) is 19.2. The average molecular weight is 428 g/mol. The fourth-order valence-electron chi connectivity index (χ4n) is 3.96. The molecule has 166 valence electrons. The minimum Gasteiger partial charge on any atom is -0.489 e. The third-order valence-corrected chi connectivity index (χ3v) is 5.83. The maximum atomic E-state index is 14.5. The molecule has 2 fully saturated rings. The summed E-state index contributed by atoms with van der Waals surface area (Å²) < 4.78 is 20.6. The monoisotopic (exact) mass is 427 g/mol. The first-order valence-electron chi connectivity index (χ1n) is 10.9. The molecule has 2 aliphatic rings. The molecular weight excluding hydrogens is 397 g/mol. The zero-order chi connectivity index (χ0) is 22.0. The molecule has 1 saturated carbocycles. The second-order valence-corrected chi connectivity index (χ2v) is 8.63. The van der Waals surface area contributed by atoms with Crippen molar-refractivity contribution in [1.29, 1.82) is 0 Å². The highest BCUT2D eigenvalue weighted by Gasteiger charge is 2.29. The third kappa shape index (κ3) is 5.42. The molecule has 2 heterocycles. The maximum absolute atomic E-state index is 14.5. The van der Waals surface area contributed by atoms with Crippen LogP contribution in [-0.4, -0.2) is 48.7 Å². The Kier molecular flexibility index (Phi) is 6.25.